The van der Waals surface area contributed by atoms with Crippen molar-refractivity contribution >= 4 is 5.69 Å². The first-order valence-electron chi connectivity index (χ1n) is 5.75. The van der Waals surface area contributed by atoms with Crippen LogP contribution in [0.4, 0.5) is 5.69 Å². The van der Waals surface area contributed by atoms with E-state index in [0.29, 0.717) is 17.9 Å². The van der Waals surface area contributed by atoms with E-state index < -0.39 is 4.92 Å². The molecule has 98 valence electrons. The lowest BCUT2D eigenvalue weighted by Crippen LogP contribution is -1.98. The SMILES string of the molecule is O=[N+]([O-])c1ccc(COc2ccccc2CO)cc1. The predicted molar refractivity (Wildman–Crippen MR) is 69.8 cm³/mol. The molecule has 0 fully saturated rings. The van der Waals surface area contributed by atoms with Gasteiger partial charge in [0, 0.05) is 17.7 Å². The fraction of sp³-hybridized carbons (Fsp3) is 0.143. The molecule has 0 saturated heterocycles. The Morgan fingerprint density at radius 2 is 1.79 bits per heavy atom. The number of nitrogens with zero attached hydrogens (tertiary/aromatic N) is 1. The predicted octanol–water partition coefficient (Wildman–Crippen LogP) is 2.67. The van der Waals surface area contributed by atoms with Crippen LogP contribution in [0.15, 0.2) is 48.5 Å². The minimum atomic E-state index is -0.439. The number of ether oxygens (including phenoxy) is 1. The van der Waals surface area contributed by atoms with Crippen molar-refractivity contribution in [3.05, 3.63) is 69.8 Å². The van der Waals surface area contributed by atoms with Crippen molar-refractivity contribution in [2.24, 2.45) is 0 Å². The number of nitro benzene ring substituents is 1. The Bertz CT molecular complexity index is 566. The quantitative estimate of drug-likeness (QED) is 0.661. The average molecular weight is 259 g/mol. The Kier molecular flexibility index (Phi) is 4.10. The van der Waals surface area contributed by atoms with Crippen molar-refractivity contribution in [2.75, 3.05) is 0 Å². The summed E-state index contributed by atoms with van der Waals surface area (Å²) in [5, 5.41) is 19.7. The first kappa shape index (κ1) is 13.0. The Labute approximate surface area is 110 Å². The summed E-state index contributed by atoms with van der Waals surface area (Å²) >= 11 is 0. The lowest BCUT2D eigenvalue weighted by molar-refractivity contribution is -0.384. The maximum absolute atomic E-state index is 10.5. The molecule has 2 aromatic rings. The summed E-state index contributed by atoms with van der Waals surface area (Å²) < 4.78 is 5.58. The molecule has 0 radical (unpaired) electrons. The van der Waals surface area contributed by atoms with Crippen molar-refractivity contribution < 1.29 is 14.8 Å². The number of nitro groups is 1. The smallest absolute Gasteiger partial charge is 0.269 e. The zero-order valence-corrected chi connectivity index (χ0v) is 10.2. The van der Waals surface area contributed by atoms with Crippen LogP contribution in [0.1, 0.15) is 11.1 Å². The largest absolute Gasteiger partial charge is 0.489 e. The highest BCUT2D eigenvalue weighted by Crippen LogP contribution is 2.20. The van der Waals surface area contributed by atoms with Gasteiger partial charge in [0.05, 0.1) is 11.5 Å². The molecule has 0 aliphatic heterocycles. The maximum atomic E-state index is 10.5. The fourth-order valence-corrected chi connectivity index (χ4v) is 1.65. The summed E-state index contributed by atoms with van der Waals surface area (Å²) in [5.74, 6) is 0.614. The van der Waals surface area contributed by atoms with Crippen molar-refractivity contribution in [1.29, 1.82) is 0 Å². The molecular formula is C14H13NO4. The molecule has 2 aromatic carbocycles. The van der Waals surface area contributed by atoms with Crippen molar-refractivity contribution in [2.45, 2.75) is 13.2 Å². The molecule has 0 heterocycles. The Morgan fingerprint density at radius 1 is 1.11 bits per heavy atom. The van der Waals surface area contributed by atoms with E-state index in [9.17, 15) is 10.1 Å². The zero-order valence-electron chi connectivity index (χ0n) is 10.2. The molecule has 0 saturated carbocycles. The van der Waals surface area contributed by atoms with Crippen LogP contribution in [0.2, 0.25) is 0 Å². The van der Waals surface area contributed by atoms with Gasteiger partial charge in [-0.2, -0.15) is 0 Å². The summed E-state index contributed by atoms with van der Waals surface area (Å²) in [6.07, 6.45) is 0. The van der Waals surface area contributed by atoms with Crippen LogP contribution in [-0.2, 0) is 13.2 Å². The van der Waals surface area contributed by atoms with Crippen LogP contribution in [0.25, 0.3) is 0 Å². The second kappa shape index (κ2) is 5.97. The highest BCUT2D eigenvalue weighted by Gasteiger charge is 2.05. The van der Waals surface area contributed by atoms with Crippen LogP contribution in [0, 0.1) is 10.1 Å². The minimum Gasteiger partial charge on any atom is -0.489 e. The number of benzene rings is 2. The van der Waals surface area contributed by atoms with Gasteiger partial charge in [-0.15, -0.1) is 0 Å². The number of non-ortho nitro benzene ring substituents is 1. The van der Waals surface area contributed by atoms with E-state index >= 15 is 0 Å². The molecule has 0 bridgehead atoms. The van der Waals surface area contributed by atoms with E-state index in [0.717, 1.165) is 5.56 Å². The van der Waals surface area contributed by atoms with Gasteiger partial charge in [0.2, 0.25) is 0 Å². The molecule has 0 amide bonds. The van der Waals surface area contributed by atoms with Gasteiger partial charge in [0.25, 0.3) is 5.69 Å². The van der Waals surface area contributed by atoms with Crippen LogP contribution in [-0.4, -0.2) is 10.0 Å². The number of hydrogen-bond donors (Lipinski definition) is 1. The first-order valence-corrected chi connectivity index (χ1v) is 5.75. The number of rotatable bonds is 5. The molecule has 19 heavy (non-hydrogen) atoms. The fourth-order valence-electron chi connectivity index (χ4n) is 1.65. The maximum Gasteiger partial charge on any atom is 0.269 e. The summed E-state index contributed by atoms with van der Waals surface area (Å²) in [4.78, 5) is 10.1. The van der Waals surface area contributed by atoms with Gasteiger partial charge >= 0.3 is 0 Å². The number of para-hydroxylation sites is 1. The topological polar surface area (TPSA) is 72.6 Å². The molecule has 0 aliphatic carbocycles. The van der Waals surface area contributed by atoms with E-state index in [4.69, 9.17) is 9.84 Å². The zero-order chi connectivity index (χ0) is 13.7. The molecular weight excluding hydrogens is 246 g/mol. The van der Waals surface area contributed by atoms with Crippen molar-refractivity contribution in [3.8, 4) is 5.75 Å². The van der Waals surface area contributed by atoms with Gasteiger partial charge in [0.15, 0.2) is 0 Å². The van der Waals surface area contributed by atoms with Crippen LogP contribution in [0.5, 0.6) is 5.75 Å². The van der Waals surface area contributed by atoms with Gasteiger partial charge in [-0.1, -0.05) is 18.2 Å². The van der Waals surface area contributed by atoms with Crippen LogP contribution >= 0.6 is 0 Å². The molecule has 5 nitrogen and oxygen atoms in total. The highest BCUT2D eigenvalue weighted by atomic mass is 16.6. The Morgan fingerprint density at radius 3 is 2.42 bits per heavy atom. The second-order valence-electron chi connectivity index (χ2n) is 3.98. The minimum absolute atomic E-state index is 0.0551. The summed E-state index contributed by atoms with van der Waals surface area (Å²) in [6.45, 7) is 0.214. The third kappa shape index (κ3) is 3.29. The summed E-state index contributed by atoms with van der Waals surface area (Å²) in [5.41, 5.74) is 1.60. The number of aliphatic hydroxyl groups is 1. The molecule has 0 atom stereocenters. The van der Waals surface area contributed by atoms with Gasteiger partial charge < -0.3 is 9.84 Å². The molecule has 1 N–H and O–H groups in total. The Balaban J connectivity index is 2.04. The van der Waals surface area contributed by atoms with Gasteiger partial charge in [-0.3, -0.25) is 10.1 Å². The van der Waals surface area contributed by atoms with E-state index in [-0.39, 0.29) is 12.3 Å². The molecule has 0 spiro atoms. The third-order valence-electron chi connectivity index (χ3n) is 2.68. The van der Waals surface area contributed by atoms with E-state index in [2.05, 4.69) is 0 Å². The van der Waals surface area contributed by atoms with Gasteiger partial charge in [0.1, 0.15) is 12.4 Å². The number of aliphatic hydroxyl groups excluding tert-OH is 1. The standard InChI is InChI=1S/C14H13NO4/c16-9-12-3-1-2-4-14(12)19-10-11-5-7-13(8-6-11)15(17)18/h1-8,16H,9-10H2. The van der Waals surface area contributed by atoms with E-state index in [1.807, 2.05) is 12.1 Å². The Hall–Kier alpha value is -2.40. The summed E-state index contributed by atoms with van der Waals surface area (Å²) in [6, 6.07) is 13.4. The van der Waals surface area contributed by atoms with E-state index in [1.54, 1.807) is 24.3 Å². The lowest BCUT2D eigenvalue weighted by Gasteiger charge is -2.09. The molecule has 5 heteroatoms. The normalized spacial score (nSPS) is 10.2. The first-order chi connectivity index (χ1) is 9.20. The van der Waals surface area contributed by atoms with Gasteiger partial charge in [-0.05, 0) is 23.8 Å². The monoisotopic (exact) mass is 259 g/mol. The molecule has 0 unspecified atom stereocenters. The molecule has 2 rings (SSSR count). The van der Waals surface area contributed by atoms with Gasteiger partial charge in [-0.25, -0.2) is 0 Å². The average Bonchev–Trinajstić information content (AvgIpc) is 2.45. The van der Waals surface area contributed by atoms with E-state index in [1.165, 1.54) is 12.1 Å². The molecule has 0 aliphatic rings. The highest BCUT2D eigenvalue weighted by molar-refractivity contribution is 5.35. The molecule has 0 aromatic heterocycles. The number of hydrogen-bond acceptors (Lipinski definition) is 4. The second-order valence-corrected chi connectivity index (χ2v) is 3.98. The third-order valence-corrected chi connectivity index (χ3v) is 2.68. The van der Waals surface area contributed by atoms with Crippen molar-refractivity contribution in [3.63, 3.8) is 0 Å². The van der Waals surface area contributed by atoms with Crippen molar-refractivity contribution in [1.82, 2.24) is 0 Å². The lowest BCUT2D eigenvalue weighted by atomic mass is 10.2. The van der Waals surface area contributed by atoms with Crippen LogP contribution < -0.4 is 4.74 Å². The summed E-state index contributed by atoms with van der Waals surface area (Å²) in [7, 11) is 0. The van der Waals surface area contributed by atoms with Crippen LogP contribution in [0.3, 0.4) is 0 Å².